The average Bonchev–Trinajstić information content (AvgIpc) is 2.03. The van der Waals surface area contributed by atoms with E-state index in [9.17, 15) is 0 Å². The van der Waals surface area contributed by atoms with Crippen molar-refractivity contribution in [1.29, 1.82) is 0 Å². The molecule has 0 aliphatic rings. The van der Waals surface area contributed by atoms with Crippen LogP contribution >= 0.6 is 31.8 Å². The molecule has 0 aliphatic carbocycles. The smallest absolute Gasteiger partial charge is 0.105 e. The highest BCUT2D eigenvalue weighted by Crippen LogP contribution is 2.16. The molecule has 0 spiro atoms. The van der Waals surface area contributed by atoms with Gasteiger partial charge in [-0.1, -0.05) is 38.9 Å². The second-order valence-electron chi connectivity index (χ2n) is 2.14. The maximum Gasteiger partial charge on any atom is 0.111 e. The monoisotopic (exact) mass is 206 g/mol. The molecule has 1 aromatic rings. The highest BCUT2D eigenvalue weighted by molar-refractivity contribution is 7.47. The van der Waals surface area contributed by atoms with Crippen LogP contribution in [0.15, 0.2) is 30.3 Å². The second-order valence-corrected chi connectivity index (χ2v) is 4.75. The van der Waals surface area contributed by atoms with Crippen molar-refractivity contribution in [2.45, 2.75) is 4.84 Å². The van der Waals surface area contributed by atoms with Crippen LogP contribution in [0, 0.1) is 0 Å². The Morgan fingerprint density at radius 1 is 1.18 bits per heavy atom. The summed E-state index contributed by atoms with van der Waals surface area (Å²) in [5.74, 6) is 0. The van der Waals surface area contributed by atoms with E-state index in [-0.39, 0.29) is 4.84 Å². The van der Waals surface area contributed by atoms with Gasteiger partial charge in [0.15, 0.2) is 0 Å². The topological polar surface area (TPSA) is 0 Å². The number of hydrogen-bond acceptors (Lipinski definition) is 0. The summed E-state index contributed by atoms with van der Waals surface area (Å²) in [6.07, 6.45) is 0.854. The zero-order chi connectivity index (χ0) is 8.10. The number of rotatable bonds is 3. The van der Waals surface area contributed by atoms with Gasteiger partial charge in [-0.05, 0) is 11.5 Å². The first kappa shape index (κ1) is 9.32. The van der Waals surface area contributed by atoms with Crippen LogP contribution < -0.4 is 5.30 Å². The third-order valence-electron chi connectivity index (χ3n) is 1.23. The lowest BCUT2D eigenvalue weighted by molar-refractivity contribution is 1.41. The van der Waals surface area contributed by atoms with E-state index in [2.05, 4.69) is 12.1 Å². The fourth-order valence-electron chi connectivity index (χ4n) is 0.751. The Kier molecular flexibility index (Phi) is 4.22. The number of hydrogen-bond donors (Lipinski definition) is 0. The van der Waals surface area contributed by atoms with E-state index in [0.717, 1.165) is 14.7 Å². The Morgan fingerprint density at radius 2 is 1.82 bits per heavy atom. The van der Waals surface area contributed by atoms with Gasteiger partial charge >= 0.3 is 0 Å². The molecule has 11 heavy (non-hydrogen) atoms. The Bertz CT molecular complexity index is 199. The highest BCUT2D eigenvalue weighted by atomic mass is 35.5. The standard InChI is InChI=1S/C8H9Cl2P/c9-8(10)6-11-7-4-2-1-3-5-7/h1-5,8,11H,6H2. The molecule has 3 heteroatoms. The average molecular weight is 207 g/mol. The third-order valence-corrected chi connectivity index (χ3v) is 3.41. The molecule has 60 valence electrons. The highest BCUT2D eigenvalue weighted by Gasteiger charge is 1.98. The quantitative estimate of drug-likeness (QED) is 0.528. The zero-order valence-electron chi connectivity index (χ0n) is 5.93. The van der Waals surface area contributed by atoms with E-state index >= 15 is 0 Å². The van der Waals surface area contributed by atoms with Crippen LogP contribution in [0.2, 0.25) is 0 Å². The molecule has 0 saturated carbocycles. The molecular formula is C8H9Cl2P. The summed E-state index contributed by atoms with van der Waals surface area (Å²) in [4.78, 5) is -0.228. The van der Waals surface area contributed by atoms with Gasteiger partial charge < -0.3 is 0 Å². The molecule has 0 radical (unpaired) electrons. The van der Waals surface area contributed by atoms with Crippen molar-refractivity contribution < 1.29 is 0 Å². The molecule has 0 N–H and O–H groups in total. The van der Waals surface area contributed by atoms with Crippen LogP contribution in [0.3, 0.4) is 0 Å². The molecular weight excluding hydrogens is 198 g/mol. The van der Waals surface area contributed by atoms with Gasteiger partial charge in [0.05, 0.1) is 0 Å². The van der Waals surface area contributed by atoms with Crippen molar-refractivity contribution in [3.8, 4) is 0 Å². The molecule has 0 aromatic heterocycles. The summed E-state index contributed by atoms with van der Waals surface area (Å²) in [6, 6.07) is 10.2. The van der Waals surface area contributed by atoms with Crippen molar-refractivity contribution >= 4 is 37.1 Å². The minimum absolute atomic E-state index is 0.228. The predicted octanol–water partition coefficient (Wildman–Crippen LogP) is 2.79. The van der Waals surface area contributed by atoms with Gasteiger partial charge in [-0.25, -0.2) is 0 Å². The van der Waals surface area contributed by atoms with Crippen LogP contribution in [-0.2, 0) is 0 Å². The fourth-order valence-corrected chi connectivity index (χ4v) is 2.03. The van der Waals surface area contributed by atoms with Crippen molar-refractivity contribution in [3.05, 3.63) is 30.3 Å². The summed E-state index contributed by atoms with van der Waals surface area (Å²) in [7, 11) is 0.721. The first-order valence-electron chi connectivity index (χ1n) is 3.36. The van der Waals surface area contributed by atoms with Crippen molar-refractivity contribution in [3.63, 3.8) is 0 Å². The molecule has 1 atom stereocenters. The normalized spacial score (nSPS) is 11.5. The molecule has 0 aliphatic heterocycles. The van der Waals surface area contributed by atoms with E-state index < -0.39 is 0 Å². The molecule has 1 aromatic carbocycles. The molecule has 0 bridgehead atoms. The van der Waals surface area contributed by atoms with Gasteiger partial charge in [0.2, 0.25) is 0 Å². The second kappa shape index (κ2) is 4.98. The number of alkyl halides is 2. The maximum atomic E-state index is 5.60. The SMILES string of the molecule is ClC(Cl)CPc1ccccc1. The van der Waals surface area contributed by atoms with Gasteiger partial charge in [0.25, 0.3) is 0 Å². The minimum Gasteiger partial charge on any atom is -0.105 e. The first-order valence-corrected chi connectivity index (χ1v) is 5.44. The molecule has 0 nitrogen and oxygen atoms in total. The molecule has 0 heterocycles. The van der Waals surface area contributed by atoms with Crippen molar-refractivity contribution in [1.82, 2.24) is 0 Å². The van der Waals surface area contributed by atoms with Gasteiger partial charge in [-0.2, -0.15) is 0 Å². The van der Waals surface area contributed by atoms with E-state index in [4.69, 9.17) is 23.2 Å². The Labute approximate surface area is 78.7 Å². The lowest BCUT2D eigenvalue weighted by atomic mass is 10.4. The Hall–Kier alpha value is 0.230. The van der Waals surface area contributed by atoms with Crippen LogP contribution in [0.4, 0.5) is 0 Å². The lowest BCUT2D eigenvalue weighted by Gasteiger charge is -2.00. The third kappa shape index (κ3) is 3.96. The minimum atomic E-state index is -0.228. The van der Waals surface area contributed by atoms with Gasteiger partial charge in [0.1, 0.15) is 4.84 Å². The van der Waals surface area contributed by atoms with Gasteiger partial charge in [0, 0.05) is 0 Å². The maximum absolute atomic E-state index is 5.60. The van der Waals surface area contributed by atoms with Crippen LogP contribution in [0.25, 0.3) is 0 Å². The summed E-state index contributed by atoms with van der Waals surface area (Å²) < 4.78 is 0. The molecule has 1 rings (SSSR count). The predicted molar refractivity (Wildman–Crippen MR) is 54.8 cm³/mol. The van der Waals surface area contributed by atoms with E-state index in [1.54, 1.807) is 0 Å². The van der Waals surface area contributed by atoms with Gasteiger partial charge in [-0.15, -0.1) is 23.2 Å². The lowest BCUT2D eigenvalue weighted by Crippen LogP contribution is -1.97. The Balaban J connectivity index is 2.39. The largest absolute Gasteiger partial charge is 0.111 e. The van der Waals surface area contributed by atoms with Crippen molar-refractivity contribution in [2.24, 2.45) is 0 Å². The van der Waals surface area contributed by atoms with E-state index in [1.807, 2.05) is 18.2 Å². The summed E-state index contributed by atoms with van der Waals surface area (Å²) in [5, 5.41) is 1.32. The molecule has 0 saturated heterocycles. The molecule has 0 amide bonds. The van der Waals surface area contributed by atoms with Crippen LogP contribution in [0.1, 0.15) is 0 Å². The molecule has 0 fully saturated rings. The van der Waals surface area contributed by atoms with Gasteiger partial charge in [-0.3, -0.25) is 0 Å². The summed E-state index contributed by atoms with van der Waals surface area (Å²) in [5.41, 5.74) is 0. The Morgan fingerprint density at radius 3 is 2.36 bits per heavy atom. The zero-order valence-corrected chi connectivity index (χ0v) is 8.44. The number of benzene rings is 1. The fraction of sp³-hybridized carbons (Fsp3) is 0.250. The summed E-state index contributed by atoms with van der Waals surface area (Å²) >= 11 is 11.2. The van der Waals surface area contributed by atoms with E-state index in [1.165, 1.54) is 5.30 Å². The van der Waals surface area contributed by atoms with E-state index in [0.29, 0.717) is 0 Å². The van der Waals surface area contributed by atoms with Crippen molar-refractivity contribution in [2.75, 3.05) is 6.16 Å². The number of halogens is 2. The van der Waals surface area contributed by atoms with Crippen LogP contribution in [-0.4, -0.2) is 11.0 Å². The first-order chi connectivity index (χ1) is 5.29. The summed E-state index contributed by atoms with van der Waals surface area (Å²) in [6.45, 7) is 0. The van der Waals surface area contributed by atoms with Crippen LogP contribution in [0.5, 0.6) is 0 Å². The molecule has 1 unspecified atom stereocenters.